The maximum absolute atomic E-state index is 12.3. The van der Waals surface area contributed by atoms with Gasteiger partial charge in [0.25, 0.3) is 0 Å². The average molecular weight is 262 g/mol. The fourth-order valence-corrected chi connectivity index (χ4v) is 3.27. The highest BCUT2D eigenvalue weighted by Gasteiger charge is 2.37. The molecule has 1 saturated carbocycles. The van der Waals surface area contributed by atoms with Crippen LogP contribution >= 0.6 is 0 Å². The Morgan fingerprint density at radius 1 is 1.42 bits per heavy atom. The van der Waals surface area contributed by atoms with Crippen molar-refractivity contribution in [3.05, 3.63) is 18.2 Å². The van der Waals surface area contributed by atoms with Crippen molar-refractivity contribution in [1.29, 1.82) is 0 Å². The number of imidazole rings is 1. The number of aryl methyl sites for hydroxylation is 2. The molecule has 2 unspecified atom stereocenters. The Balaban J connectivity index is 1.98. The number of carbonyl (C=O) groups is 1. The van der Waals surface area contributed by atoms with E-state index >= 15 is 0 Å². The van der Waals surface area contributed by atoms with E-state index in [1.807, 2.05) is 19.4 Å². The zero-order valence-corrected chi connectivity index (χ0v) is 12.6. The van der Waals surface area contributed by atoms with E-state index < -0.39 is 0 Å². The normalized spacial score (nSPS) is 24.7. The fourth-order valence-electron chi connectivity index (χ4n) is 3.27. The topological polar surface area (TPSA) is 34.9 Å². The second-order valence-corrected chi connectivity index (χ2v) is 6.85. The summed E-state index contributed by atoms with van der Waals surface area (Å²) in [7, 11) is 2.03. The second-order valence-electron chi connectivity index (χ2n) is 6.85. The van der Waals surface area contributed by atoms with Crippen LogP contribution in [0.1, 0.15) is 52.3 Å². The van der Waals surface area contributed by atoms with Crippen LogP contribution < -0.4 is 0 Å². The van der Waals surface area contributed by atoms with E-state index in [9.17, 15) is 4.79 Å². The van der Waals surface area contributed by atoms with Gasteiger partial charge in [0.15, 0.2) is 0 Å². The molecule has 0 aromatic carbocycles. The van der Waals surface area contributed by atoms with Crippen molar-refractivity contribution < 1.29 is 4.79 Å². The summed E-state index contributed by atoms with van der Waals surface area (Å²) in [6.07, 6.45) is 8.84. The van der Waals surface area contributed by atoms with E-state index in [0.717, 1.165) is 31.5 Å². The highest BCUT2D eigenvalue weighted by molar-refractivity contribution is 5.82. The predicted octanol–water partition coefficient (Wildman–Crippen LogP) is 3.38. The molecular weight excluding hydrogens is 236 g/mol. The molecule has 1 heterocycles. The van der Waals surface area contributed by atoms with Crippen LogP contribution in [0.15, 0.2) is 12.4 Å². The lowest BCUT2D eigenvalue weighted by Gasteiger charge is -2.37. The Hall–Kier alpha value is -1.12. The molecule has 0 bridgehead atoms. The molecule has 2 atom stereocenters. The molecule has 1 fully saturated rings. The molecule has 0 radical (unpaired) electrons. The highest BCUT2D eigenvalue weighted by atomic mass is 16.1. The minimum atomic E-state index is 0.0865. The van der Waals surface area contributed by atoms with Crippen LogP contribution in [-0.4, -0.2) is 15.3 Å². The van der Waals surface area contributed by atoms with Gasteiger partial charge in [-0.1, -0.05) is 20.8 Å². The van der Waals surface area contributed by atoms with Gasteiger partial charge in [0.2, 0.25) is 0 Å². The first-order valence-electron chi connectivity index (χ1n) is 7.39. The molecule has 19 heavy (non-hydrogen) atoms. The van der Waals surface area contributed by atoms with E-state index in [-0.39, 0.29) is 11.3 Å². The third-order valence-corrected chi connectivity index (χ3v) is 4.74. The van der Waals surface area contributed by atoms with Crippen LogP contribution in [0.2, 0.25) is 0 Å². The molecule has 0 spiro atoms. The molecule has 0 N–H and O–H groups in total. The Labute approximate surface area is 116 Å². The Kier molecular flexibility index (Phi) is 4.12. The second kappa shape index (κ2) is 5.48. The summed E-state index contributed by atoms with van der Waals surface area (Å²) in [5, 5.41) is 0. The summed E-state index contributed by atoms with van der Waals surface area (Å²) in [4.78, 5) is 16.6. The molecule has 1 aliphatic rings. The number of carbonyl (C=O) groups excluding carboxylic acids is 1. The number of hydrogen-bond donors (Lipinski definition) is 0. The summed E-state index contributed by atoms with van der Waals surface area (Å²) in [6, 6.07) is 0. The molecule has 1 aromatic heterocycles. The van der Waals surface area contributed by atoms with Gasteiger partial charge in [0, 0.05) is 38.2 Å². The Morgan fingerprint density at radius 2 is 2.16 bits per heavy atom. The van der Waals surface area contributed by atoms with E-state index in [2.05, 4.69) is 30.3 Å². The quantitative estimate of drug-likeness (QED) is 0.833. The van der Waals surface area contributed by atoms with Crippen molar-refractivity contribution in [3.8, 4) is 0 Å². The van der Waals surface area contributed by atoms with Gasteiger partial charge in [0.05, 0.1) is 0 Å². The van der Waals surface area contributed by atoms with Gasteiger partial charge in [-0.25, -0.2) is 4.98 Å². The molecule has 0 aliphatic heterocycles. The van der Waals surface area contributed by atoms with Crippen LogP contribution in [0, 0.1) is 17.3 Å². The highest BCUT2D eigenvalue weighted by Crippen LogP contribution is 2.40. The molecule has 3 nitrogen and oxygen atoms in total. The van der Waals surface area contributed by atoms with Crippen molar-refractivity contribution in [3.63, 3.8) is 0 Å². The zero-order valence-electron chi connectivity index (χ0n) is 12.6. The first-order valence-corrected chi connectivity index (χ1v) is 7.39. The van der Waals surface area contributed by atoms with Gasteiger partial charge in [-0.2, -0.15) is 0 Å². The third kappa shape index (κ3) is 3.26. The van der Waals surface area contributed by atoms with Crippen molar-refractivity contribution in [2.45, 2.75) is 52.9 Å². The molecule has 1 aliphatic carbocycles. The molecular formula is C16H26N2O. The SMILES string of the molecule is CC1CCC(C(C)(C)CCc2nccn2C)C(=O)C1. The predicted molar refractivity (Wildman–Crippen MR) is 76.8 cm³/mol. The fraction of sp³-hybridized carbons (Fsp3) is 0.750. The van der Waals surface area contributed by atoms with Gasteiger partial charge in [0.1, 0.15) is 11.6 Å². The third-order valence-electron chi connectivity index (χ3n) is 4.74. The van der Waals surface area contributed by atoms with E-state index in [1.165, 1.54) is 6.42 Å². The minimum Gasteiger partial charge on any atom is -0.338 e. The number of ketones is 1. The van der Waals surface area contributed by atoms with Gasteiger partial charge in [-0.3, -0.25) is 4.79 Å². The monoisotopic (exact) mass is 262 g/mol. The number of Topliss-reactive ketones (excluding diaryl/α,β-unsaturated/α-hetero) is 1. The van der Waals surface area contributed by atoms with Crippen molar-refractivity contribution in [1.82, 2.24) is 9.55 Å². The van der Waals surface area contributed by atoms with Gasteiger partial charge in [-0.15, -0.1) is 0 Å². The number of nitrogens with zero attached hydrogens (tertiary/aromatic N) is 2. The van der Waals surface area contributed by atoms with Gasteiger partial charge in [-0.05, 0) is 30.6 Å². The van der Waals surface area contributed by atoms with Crippen LogP contribution in [0.25, 0.3) is 0 Å². The standard InChI is InChI=1S/C16H26N2O/c1-12-5-6-13(14(19)11-12)16(2,3)8-7-15-17-9-10-18(15)4/h9-10,12-13H,5-8,11H2,1-4H3. The smallest absolute Gasteiger partial charge is 0.136 e. The average Bonchev–Trinajstić information content (AvgIpc) is 2.72. The molecule has 106 valence electrons. The lowest BCUT2D eigenvalue weighted by Crippen LogP contribution is -2.35. The summed E-state index contributed by atoms with van der Waals surface area (Å²) in [5.74, 6) is 2.41. The number of aromatic nitrogens is 2. The van der Waals surface area contributed by atoms with Gasteiger partial charge >= 0.3 is 0 Å². The lowest BCUT2D eigenvalue weighted by atomic mass is 9.66. The van der Waals surface area contributed by atoms with Crippen molar-refractivity contribution in [2.24, 2.45) is 24.3 Å². The van der Waals surface area contributed by atoms with Crippen LogP contribution in [0.5, 0.6) is 0 Å². The molecule has 0 amide bonds. The summed E-state index contributed by atoms with van der Waals surface area (Å²) < 4.78 is 2.07. The lowest BCUT2D eigenvalue weighted by molar-refractivity contribution is -0.130. The maximum atomic E-state index is 12.3. The van der Waals surface area contributed by atoms with Crippen molar-refractivity contribution >= 4 is 5.78 Å². The summed E-state index contributed by atoms with van der Waals surface area (Å²) >= 11 is 0. The van der Waals surface area contributed by atoms with E-state index in [0.29, 0.717) is 11.7 Å². The number of rotatable bonds is 4. The van der Waals surface area contributed by atoms with Crippen LogP contribution in [-0.2, 0) is 18.3 Å². The zero-order chi connectivity index (χ0) is 14.0. The first kappa shape index (κ1) is 14.3. The molecule has 2 rings (SSSR count). The first-order chi connectivity index (χ1) is 8.90. The number of hydrogen-bond acceptors (Lipinski definition) is 2. The maximum Gasteiger partial charge on any atom is 0.136 e. The summed E-state index contributed by atoms with van der Waals surface area (Å²) in [5.41, 5.74) is 0.0865. The van der Waals surface area contributed by atoms with E-state index in [1.54, 1.807) is 0 Å². The van der Waals surface area contributed by atoms with Crippen LogP contribution in [0.3, 0.4) is 0 Å². The molecule has 1 aromatic rings. The van der Waals surface area contributed by atoms with Crippen molar-refractivity contribution in [2.75, 3.05) is 0 Å². The summed E-state index contributed by atoms with van der Waals surface area (Å²) in [6.45, 7) is 6.68. The van der Waals surface area contributed by atoms with Gasteiger partial charge < -0.3 is 4.57 Å². The van der Waals surface area contributed by atoms with Crippen LogP contribution in [0.4, 0.5) is 0 Å². The molecule has 3 heteroatoms. The Bertz CT molecular complexity index is 447. The Morgan fingerprint density at radius 3 is 2.74 bits per heavy atom. The largest absolute Gasteiger partial charge is 0.338 e. The van der Waals surface area contributed by atoms with E-state index in [4.69, 9.17) is 0 Å². The molecule has 0 saturated heterocycles. The minimum absolute atomic E-state index is 0.0865.